The first kappa shape index (κ1) is 11.3. The summed E-state index contributed by atoms with van der Waals surface area (Å²) < 4.78 is 4.98. The minimum Gasteiger partial charge on any atom is -0.465 e. The van der Waals surface area contributed by atoms with Crippen LogP contribution in [0.25, 0.3) is 0 Å². The zero-order valence-electron chi connectivity index (χ0n) is 10.3. The molecular weight excluding hydrogens is 230 g/mol. The molecule has 1 amide bonds. The first-order valence-corrected chi connectivity index (χ1v) is 6.19. The van der Waals surface area contributed by atoms with Crippen molar-refractivity contribution in [1.29, 1.82) is 0 Å². The molecule has 18 heavy (non-hydrogen) atoms. The topological polar surface area (TPSA) is 46.6 Å². The van der Waals surface area contributed by atoms with Crippen molar-refractivity contribution < 1.29 is 14.3 Å². The summed E-state index contributed by atoms with van der Waals surface area (Å²) in [6.07, 6.45) is 1.09. The van der Waals surface area contributed by atoms with E-state index < -0.39 is 5.41 Å². The molecule has 3 rings (SSSR count). The molecule has 0 saturated carbocycles. The summed E-state index contributed by atoms with van der Waals surface area (Å²) in [6, 6.07) is 7.79. The van der Waals surface area contributed by atoms with Crippen molar-refractivity contribution in [3.05, 3.63) is 29.8 Å². The van der Waals surface area contributed by atoms with Crippen LogP contribution in [0.15, 0.2) is 24.3 Å². The number of cyclic esters (lactones) is 1. The van der Waals surface area contributed by atoms with Crippen LogP contribution in [0.4, 0.5) is 5.69 Å². The van der Waals surface area contributed by atoms with Crippen LogP contribution in [0.5, 0.6) is 0 Å². The summed E-state index contributed by atoms with van der Waals surface area (Å²) in [6.45, 7) is 2.95. The third kappa shape index (κ3) is 1.45. The van der Waals surface area contributed by atoms with Gasteiger partial charge in [0.2, 0.25) is 5.91 Å². The highest BCUT2D eigenvalue weighted by Crippen LogP contribution is 2.42. The summed E-state index contributed by atoms with van der Waals surface area (Å²) in [5.74, 6) is -0.446. The van der Waals surface area contributed by atoms with Gasteiger partial charge in [0.25, 0.3) is 0 Å². The molecule has 4 nitrogen and oxygen atoms in total. The van der Waals surface area contributed by atoms with E-state index in [4.69, 9.17) is 4.74 Å². The van der Waals surface area contributed by atoms with E-state index in [1.165, 1.54) is 0 Å². The predicted octanol–water partition coefficient (Wildman–Crippen LogP) is 1.67. The van der Waals surface area contributed by atoms with Crippen molar-refractivity contribution >= 4 is 17.6 Å². The van der Waals surface area contributed by atoms with Gasteiger partial charge in [-0.05, 0) is 31.0 Å². The molecule has 0 radical (unpaired) electrons. The summed E-state index contributed by atoms with van der Waals surface area (Å²) >= 11 is 0. The molecule has 4 heteroatoms. The Balaban J connectivity index is 1.94. The maximum absolute atomic E-state index is 12.5. The second-order valence-electron chi connectivity index (χ2n) is 5.01. The zero-order chi connectivity index (χ0) is 12.8. The fraction of sp³-hybridized carbons (Fsp3) is 0.429. The van der Waals surface area contributed by atoms with Gasteiger partial charge in [0.1, 0.15) is 0 Å². The average molecular weight is 245 g/mol. The lowest BCUT2D eigenvalue weighted by Crippen LogP contribution is -2.37. The number of hydrogen-bond donors (Lipinski definition) is 0. The molecular formula is C14H15NO3. The molecule has 2 heterocycles. The number of aryl methyl sites for hydroxylation is 1. The first-order valence-electron chi connectivity index (χ1n) is 6.19. The van der Waals surface area contributed by atoms with Gasteiger partial charge in [0.05, 0.1) is 6.61 Å². The maximum Gasteiger partial charge on any atom is 0.321 e. The van der Waals surface area contributed by atoms with E-state index in [0.29, 0.717) is 26.0 Å². The second-order valence-corrected chi connectivity index (χ2v) is 5.01. The van der Waals surface area contributed by atoms with Crippen LogP contribution in [-0.2, 0) is 14.3 Å². The fourth-order valence-corrected chi connectivity index (χ4v) is 2.79. The lowest BCUT2D eigenvalue weighted by molar-refractivity contribution is -0.149. The van der Waals surface area contributed by atoms with Gasteiger partial charge in [-0.15, -0.1) is 0 Å². The van der Waals surface area contributed by atoms with Gasteiger partial charge in [-0.25, -0.2) is 0 Å². The first-order chi connectivity index (χ1) is 8.63. The van der Waals surface area contributed by atoms with Crippen LogP contribution in [0.1, 0.15) is 18.4 Å². The molecule has 2 aliphatic rings. The predicted molar refractivity (Wildman–Crippen MR) is 66.2 cm³/mol. The molecule has 0 aliphatic carbocycles. The lowest BCUT2D eigenvalue weighted by Gasteiger charge is -2.20. The number of hydrogen-bond acceptors (Lipinski definition) is 3. The molecule has 1 aromatic rings. The molecule has 1 aromatic carbocycles. The molecule has 2 aliphatic heterocycles. The van der Waals surface area contributed by atoms with Crippen LogP contribution >= 0.6 is 0 Å². The number of rotatable bonds is 1. The molecule has 1 unspecified atom stereocenters. The fourth-order valence-electron chi connectivity index (χ4n) is 2.79. The van der Waals surface area contributed by atoms with Gasteiger partial charge in [-0.2, -0.15) is 0 Å². The number of ether oxygens (including phenoxy) is 1. The number of nitrogens with zero attached hydrogens (tertiary/aromatic N) is 1. The smallest absolute Gasteiger partial charge is 0.321 e. The van der Waals surface area contributed by atoms with Gasteiger partial charge < -0.3 is 9.64 Å². The third-order valence-electron chi connectivity index (χ3n) is 3.88. The van der Waals surface area contributed by atoms with E-state index in [1.54, 1.807) is 4.90 Å². The van der Waals surface area contributed by atoms with Crippen LogP contribution < -0.4 is 4.90 Å². The Morgan fingerprint density at radius 2 is 2.11 bits per heavy atom. The summed E-state index contributed by atoms with van der Waals surface area (Å²) in [7, 11) is 0. The van der Waals surface area contributed by atoms with E-state index in [2.05, 4.69) is 0 Å². The van der Waals surface area contributed by atoms with Gasteiger partial charge >= 0.3 is 5.97 Å². The number of carbonyl (C=O) groups is 2. The highest BCUT2D eigenvalue weighted by molar-refractivity contribution is 6.12. The SMILES string of the molecule is Cc1cccc(N2CCC3(CCOC3=O)C2=O)c1. The standard InChI is InChI=1S/C14H15NO3/c1-10-3-2-4-11(9-10)15-7-5-14(12(15)16)6-8-18-13(14)17/h2-4,9H,5-8H2,1H3. The van der Waals surface area contributed by atoms with Crippen LogP contribution in [0.2, 0.25) is 0 Å². The van der Waals surface area contributed by atoms with Crippen molar-refractivity contribution in [1.82, 2.24) is 0 Å². The largest absolute Gasteiger partial charge is 0.465 e. The molecule has 94 valence electrons. The van der Waals surface area contributed by atoms with Crippen LogP contribution in [-0.4, -0.2) is 25.0 Å². The highest BCUT2D eigenvalue weighted by Gasteiger charge is 2.56. The quantitative estimate of drug-likeness (QED) is 0.558. The van der Waals surface area contributed by atoms with E-state index in [0.717, 1.165) is 11.3 Å². The van der Waals surface area contributed by atoms with E-state index in [-0.39, 0.29) is 11.9 Å². The minimum absolute atomic E-state index is 0.101. The average Bonchev–Trinajstić information content (AvgIpc) is 2.87. The lowest BCUT2D eigenvalue weighted by atomic mass is 9.85. The number of esters is 1. The number of anilines is 1. The number of carbonyl (C=O) groups excluding carboxylic acids is 2. The van der Waals surface area contributed by atoms with Crippen molar-refractivity contribution in [2.24, 2.45) is 5.41 Å². The molecule has 1 atom stereocenters. The second kappa shape index (κ2) is 3.83. The minimum atomic E-state index is -0.899. The summed E-state index contributed by atoms with van der Waals surface area (Å²) in [5.41, 5.74) is 1.08. The molecule has 0 aromatic heterocycles. The Bertz CT molecular complexity index is 526. The molecule has 0 bridgehead atoms. The molecule has 2 fully saturated rings. The van der Waals surface area contributed by atoms with E-state index >= 15 is 0 Å². The van der Waals surface area contributed by atoms with Gasteiger partial charge in [0.15, 0.2) is 5.41 Å². The van der Waals surface area contributed by atoms with Crippen molar-refractivity contribution in [2.45, 2.75) is 19.8 Å². The number of amides is 1. The normalized spacial score (nSPS) is 27.1. The van der Waals surface area contributed by atoms with Crippen molar-refractivity contribution in [3.8, 4) is 0 Å². The Morgan fingerprint density at radius 3 is 2.78 bits per heavy atom. The molecule has 1 spiro atoms. The zero-order valence-corrected chi connectivity index (χ0v) is 10.3. The third-order valence-corrected chi connectivity index (χ3v) is 3.88. The van der Waals surface area contributed by atoms with E-state index in [1.807, 2.05) is 31.2 Å². The number of benzene rings is 1. The maximum atomic E-state index is 12.5. The highest BCUT2D eigenvalue weighted by atomic mass is 16.5. The van der Waals surface area contributed by atoms with E-state index in [9.17, 15) is 9.59 Å². The monoisotopic (exact) mass is 245 g/mol. The van der Waals surface area contributed by atoms with Gasteiger partial charge in [0, 0.05) is 18.7 Å². The van der Waals surface area contributed by atoms with Gasteiger partial charge in [-0.3, -0.25) is 9.59 Å². The Hall–Kier alpha value is -1.84. The Morgan fingerprint density at radius 1 is 1.28 bits per heavy atom. The summed E-state index contributed by atoms with van der Waals surface area (Å²) in [4.78, 5) is 26.0. The van der Waals surface area contributed by atoms with Crippen molar-refractivity contribution in [2.75, 3.05) is 18.1 Å². The van der Waals surface area contributed by atoms with Gasteiger partial charge in [-0.1, -0.05) is 12.1 Å². The summed E-state index contributed by atoms with van der Waals surface area (Å²) in [5, 5.41) is 0. The van der Waals surface area contributed by atoms with Crippen molar-refractivity contribution in [3.63, 3.8) is 0 Å². The van der Waals surface area contributed by atoms with Crippen LogP contribution in [0.3, 0.4) is 0 Å². The molecule has 0 N–H and O–H groups in total. The molecule has 2 saturated heterocycles. The Kier molecular flexibility index (Phi) is 2.40. The Labute approximate surface area is 106 Å². The van der Waals surface area contributed by atoms with Crippen LogP contribution in [0, 0.1) is 12.3 Å².